The van der Waals surface area contributed by atoms with Gasteiger partial charge in [-0.1, -0.05) is 0 Å². The van der Waals surface area contributed by atoms with Crippen molar-refractivity contribution in [2.45, 2.75) is 6.92 Å². The molecule has 0 amide bonds. The summed E-state index contributed by atoms with van der Waals surface area (Å²) >= 11 is 0. The fourth-order valence-electron chi connectivity index (χ4n) is 1.45. The van der Waals surface area contributed by atoms with Gasteiger partial charge in [0.25, 0.3) is 0 Å². The second-order valence-electron chi connectivity index (χ2n) is 3.56. The first kappa shape index (κ1) is 11.1. The smallest absolute Gasteiger partial charge is 0.328 e. The van der Waals surface area contributed by atoms with Gasteiger partial charge in [-0.15, -0.1) is 0 Å². The van der Waals surface area contributed by atoms with E-state index < -0.39 is 5.97 Å². The number of nitrogens with zero attached hydrogens (tertiary/aromatic N) is 1. The normalized spacial score (nSPS) is 10.9. The number of hydrogen-bond acceptors (Lipinski definition) is 3. The lowest BCUT2D eigenvalue weighted by Gasteiger charge is -1.97. The third kappa shape index (κ3) is 2.81. The van der Waals surface area contributed by atoms with E-state index in [1.807, 2.05) is 19.1 Å². The Morgan fingerprint density at radius 2 is 2.24 bits per heavy atom. The van der Waals surface area contributed by atoms with Gasteiger partial charge in [0, 0.05) is 23.5 Å². The molecule has 0 unspecified atom stereocenters. The van der Waals surface area contributed by atoms with Gasteiger partial charge in [0.05, 0.1) is 0 Å². The summed E-state index contributed by atoms with van der Waals surface area (Å²) in [5, 5.41) is 8.50. The van der Waals surface area contributed by atoms with Crippen molar-refractivity contribution >= 4 is 12.0 Å². The number of carboxylic acid groups (broad SMARTS) is 1. The zero-order valence-electron chi connectivity index (χ0n) is 9.25. The molecule has 0 bridgehead atoms. The number of aliphatic carboxylic acids is 1. The van der Waals surface area contributed by atoms with E-state index in [0.29, 0.717) is 11.5 Å². The molecule has 2 aromatic heterocycles. The van der Waals surface area contributed by atoms with Gasteiger partial charge in [-0.3, -0.25) is 4.98 Å². The molecule has 4 nitrogen and oxygen atoms in total. The molecule has 4 heteroatoms. The van der Waals surface area contributed by atoms with Crippen molar-refractivity contribution < 1.29 is 14.3 Å². The molecule has 0 aliphatic rings. The molecule has 0 atom stereocenters. The third-order valence-electron chi connectivity index (χ3n) is 2.20. The van der Waals surface area contributed by atoms with Crippen LogP contribution in [-0.4, -0.2) is 16.1 Å². The molecule has 17 heavy (non-hydrogen) atoms. The molecule has 0 radical (unpaired) electrons. The first-order chi connectivity index (χ1) is 8.15. The summed E-state index contributed by atoms with van der Waals surface area (Å²) in [5.74, 6) is 0.208. The van der Waals surface area contributed by atoms with Gasteiger partial charge >= 0.3 is 5.97 Å². The Bertz CT molecular complexity index is 570. The summed E-state index contributed by atoms with van der Waals surface area (Å²) in [6.07, 6.45) is 4.17. The molecule has 0 aliphatic heterocycles. The fourth-order valence-corrected chi connectivity index (χ4v) is 1.45. The van der Waals surface area contributed by atoms with E-state index in [9.17, 15) is 4.79 Å². The van der Waals surface area contributed by atoms with Crippen LogP contribution in [0, 0.1) is 6.92 Å². The Labute approximate surface area is 98.2 Å². The second-order valence-corrected chi connectivity index (χ2v) is 3.56. The summed E-state index contributed by atoms with van der Waals surface area (Å²) in [7, 11) is 0. The predicted octanol–water partition coefficient (Wildman–Crippen LogP) is 2.75. The van der Waals surface area contributed by atoms with Gasteiger partial charge < -0.3 is 9.52 Å². The Morgan fingerprint density at radius 1 is 1.41 bits per heavy atom. The lowest BCUT2D eigenvalue weighted by atomic mass is 10.2. The van der Waals surface area contributed by atoms with Gasteiger partial charge in [-0.2, -0.15) is 0 Å². The molecule has 0 fully saturated rings. The number of aryl methyl sites for hydroxylation is 1. The van der Waals surface area contributed by atoms with E-state index in [2.05, 4.69) is 4.98 Å². The molecule has 0 spiro atoms. The molecule has 1 N–H and O–H groups in total. The maximum atomic E-state index is 10.4. The Morgan fingerprint density at radius 3 is 2.94 bits per heavy atom. The van der Waals surface area contributed by atoms with E-state index in [-0.39, 0.29) is 0 Å². The molecule has 2 aromatic rings. The van der Waals surface area contributed by atoms with Crippen LogP contribution in [0.1, 0.15) is 11.5 Å². The fraction of sp³-hybridized carbons (Fsp3) is 0.0769. The van der Waals surface area contributed by atoms with Crippen LogP contribution in [0.2, 0.25) is 0 Å². The maximum absolute atomic E-state index is 10.4. The molecule has 2 rings (SSSR count). The van der Waals surface area contributed by atoms with E-state index >= 15 is 0 Å². The Balaban J connectivity index is 2.27. The SMILES string of the molecule is Cc1cc(-c2ccc(C=CC(=O)O)o2)ccn1. The molecule has 86 valence electrons. The lowest BCUT2D eigenvalue weighted by Crippen LogP contribution is -1.84. The molecule has 2 heterocycles. The van der Waals surface area contributed by atoms with E-state index in [1.54, 1.807) is 18.3 Å². The van der Waals surface area contributed by atoms with Gasteiger partial charge in [0.1, 0.15) is 11.5 Å². The molecule has 0 saturated heterocycles. The summed E-state index contributed by atoms with van der Waals surface area (Å²) in [6, 6.07) is 7.28. The van der Waals surface area contributed by atoms with Gasteiger partial charge in [-0.05, 0) is 37.3 Å². The Kier molecular flexibility index (Phi) is 3.05. The number of furan rings is 1. The van der Waals surface area contributed by atoms with Crippen LogP contribution >= 0.6 is 0 Å². The number of carboxylic acids is 1. The van der Waals surface area contributed by atoms with Crippen molar-refractivity contribution in [2.75, 3.05) is 0 Å². The quantitative estimate of drug-likeness (QED) is 0.822. The summed E-state index contributed by atoms with van der Waals surface area (Å²) < 4.78 is 5.50. The molecular formula is C13H11NO3. The first-order valence-corrected chi connectivity index (χ1v) is 5.09. The molecule has 0 saturated carbocycles. The average molecular weight is 229 g/mol. The van der Waals surface area contributed by atoms with Crippen molar-refractivity contribution in [3.8, 4) is 11.3 Å². The van der Waals surface area contributed by atoms with Crippen molar-refractivity contribution in [2.24, 2.45) is 0 Å². The highest BCUT2D eigenvalue weighted by Gasteiger charge is 2.03. The number of carbonyl (C=O) groups is 1. The van der Waals surface area contributed by atoms with Crippen molar-refractivity contribution in [3.05, 3.63) is 48.0 Å². The van der Waals surface area contributed by atoms with Crippen LogP contribution < -0.4 is 0 Å². The van der Waals surface area contributed by atoms with Gasteiger partial charge in [0.15, 0.2) is 0 Å². The minimum Gasteiger partial charge on any atom is -0.478 e. The summed E-state index contributed by atoms with van der Waals surface area (Å²) in [6.45, 7) is 1.90. The van der Waals surface area contributed by atoms with E-state index in [4.69, 9.17) is 9.52 Å². The standard InChI is InChI=1S/C13H11NO3/c1-9-8-10(6-7-14-9)12-4-2-11(17-12)3-5-13(15)16/h2-8H,1H3,(H,15,16). The summed E-state index contributed by atoms with van der Waals surface area (Å²) in [5.41, 5.74) is 1.83. The number of hydrogen-bond donors (Lipinski definition) is 1. The molecular weight excluding hydrogens is 218 g/mol. The minimum absolute atomic E-state index is 0.511. The molecule has 0 aliphatic carbocycles. The zero-order valence-corrected chi connectivity index (χ0v) is 9.25. The first-order valence-electron chi connectivity index (χ1n) is 5.09. The van der Waals surface area contributed by atoms with Crippen LogP contribution in [0.3, 0.4) is 0 Å². The number of aromatic nitrogens is 1. The summed E-state index contributed by atoms with van der Waals surface area (Å²) in [4.78, 5) is 14.5. The third-order valence-corrected chi connectivity index (χ3v) is 2.20. The van der Waals surface area contributed by atoms with Crippen molar-refractivity contribution in [1.82, 2.24) is 4.98 Å². The average Bonchev–Trinajstić information content (AvgIpc) is 2.75. The predicted molar refractivity (Wildman–Crippen MR) is 63.3 cm³/mol. The molecule has 0 aromatic carbocycles. The zero-order chi connectivity index (χ0) is 12.3. The highest BCUT2D eigenvalue weighted by atomic mass is 16.4. The highest BCUT2D eigenvalue weighted by Crippen LogP contribution is 2.22. The highest BCUT2D eigenvalue weighted by molar-refractivity contribution is 5.84. The van der Waals surface area contributed by atoms with Gasteiger partial charge in [-0.25, -0.2) is 4.79 Å². The van der Waals surface area contributed by atoms with E-state index in [0.717, 1.165) is 17.3 Å². The van der Waals surface area contributed by atoms with Crippen molar-refractivity contribution in [3.63, 3.8) is 0 Å². The van der Waals surface area contributed by atoms with E-state index in [1.165, 1.54) is 6.08 Å². The lowest BCUT2D eigenvalue weighted by molar-refractivity contribution is -0.131. The maximum Gasteiger partial charge on any atom is 0.328 e. The number of rotatable bonds is 3. The monoisotopic (exact) mass is 229 g/mol. The van der Waals surface area contributed by atoms with Gasteiger partial charge in [0.2, 0.25) is 0 Å². The van der Waals surface area contributed by atoms with Crippen LogP contribution in [0.25, 0.3) is 17.4 Å². The topological polar surface area (TPSA) is 63.3 Å². The van der Waals surface area contributed by atoms with Crippen LogP contribution in [0.4, 0.5) is 0 Å². The largest absolute Gasteiger partial charge is 0.478 e. The van der Waals surface area contributed by atoms with Crippen LogP contribution in [0.15, 0.2) is 41.0 Å². The van der Waals surface area contributed by atoms with Crippen molar-refractivity contribution in [1.29, 1.82) is 0 Å². The van der Waals surface area contributed by atoms with Crippen LogP contribution in [0.5, 0.6) is 0 Å². The number of pyridine rings is 1. The minimum atomic E-state index is -0.997. The second kappa shape index (κ2) is 4.65. The van der Waals surface area contributed by atoms with Crippen LogP contribution in [-0.2, 0) is 4.79 Å². The Hall–Kier alpha value is -2.36.